The normalized spacial score (nSPS) is 18.6. The molecule has 0 saturated heterocycles. The van der Waals surface area contributed by atoms with E-state index >= 15 is 0 Å². The average molecular weight is 479 g/mol. The number of ether oxygens (including phenoxy) is 2. The predicted octanol–water partition coefficient (Wildman–Crippen LogP) is -0.342. The summed E-state index contributed by atoms with van der Waals surface area (Å²) in [6.45, 7) is 4.16. The van der Waals surface area contributed by atoms with Crippen LogP contribution in [0.5, 0.6) is 11.5 Å². The second kappa shape index (κ2) is 12.0. The van der Waals surface area contributed by atoms with E-state index in [2.05, 4.69) is 0 Å². The second-order valence-corrected chi connectivity index (χ2v) is 9.55. The molecule has 1 saturated carbocycles. The molecule has 1 fully saturated rings. The standard InChI is InChI=1S/C24H36N2O8/c1-24(2,3)34-23(32)15-25(12-16-11-17(33-4)9-10-20(16)27)18-7-5-6-8-19(18)26(13-21(28)29)14-22(30)31/h9-11,18-19,27H,5-8,12-15H2,1-4H3,(H,28,29)(H,30,31)/p-2/t18-,19-/m1/s1. The Hall–Kier alpha value is -2.85. The summed E-state index contributed by atoms with van der Waals surface area (Å²) in [5, 5.41) is 33.1. The highest BCUT2D eigenvalue weighted by molar-refractivity contribution is 5.72. The molecule has 0 spiro atoms. The first-order valence-electron chi connectivity index (χ1n) is 11.3. The number of carbonyl (C=O) groups excluding carboxylic acids is 3. The molecular weight excluding hydrogens is 444 g/mol. The Labute approximate surface area is 200 Å². The first-order chi connectivity index (χ1) is 15.9. The Kier molecular flexibility index (Phi) is 9.69. The van der Waals surface area contributed by atoms with E-state index in [1.165, 1.54) is 18.1 Å². The van der Waals surface area contributed by atoms with Crippen LogP contribution in [-0.4, -0.2) is 77.2 Å². The van der Waals surface area contributed by atoms with Gasteiger partial charge in [0.15, 0.2) is 0 Å². The number of hydrogen-bond donors (Lipinski definition) is 1. The largest absolute Gasteiger partial charge is 0.549 e. The molecule has 0 aromatic heterocycles. The lowest BCUT2D eigenvalue weighted by Crippen LogP contribution is -2.58. The van der Waals surface area contributed by atoms with Crippen molar-refractivity contribution in [2.75, 3.05) is 26.7 Å². The number of phenols is 1. The van der Waals surface area contributed by atoms with Crippen LogP contribution in [0.4, 0.5) is 0 Å². The van der Waals surface area contributed by atoms with Crippen LogP contribution in [0.15, 0.2) is 18.2 Å². The van der Waals surface area contributed by atoms with Gasteiger partial charge in [-0.2, -0.15) is 0 Å². The molecular formula is C24H34N2O8-2. The minimum atomic E-state index is -1.39. The van der Waals surface area contributed by atoms with Gasteiger partial charge in [-0.1, -0.05) is 12.8 Å². The van der Waals surface area contributed by atoms with Crippen molar-refractivity contribution in [3.63, 3.8) is 0 Å². The molecule has 10 nitrogen and oxygen atoms in total. The molecule has 0 amide bonds. The van der Waals surface area contributed by atoms with Gasteiger partial charge in [0.2, 0.25) is 0 Å². The number of esters is 1. The van der Waals surface area contributed by atoms with Gasteiger partial charge in [0, 0.05) is 37.3 Å². The van der Waals surface area contributed by atoms with Gasteiger partial charge in [0.25, 0.3) is 0 Å². The van der Waals surface area contributed by atoms with Gasteiger partial charge >= 0.3 is 5.97 Å². The van der Waals surface area contributed by atoms with E-state index in [1.54, 1.807) is 32.9 Å². The lowest BCUT2D eigenvalue weighted by molar-refractivity contribution is -0.311. The highest BCUT2D eigenvalue weighted by Crippen LogP contribution is 2.31. The summed E-state index contributed by atoms with van der Waals surface area (Å²) in [4.78, 5) is 38.6. The number of nitrogens with zero attached hydrogens (tertiary/aromatic N) is 2. The lowest BCUT2D eigenvalue weighted by Gasteiger charge is -2.45. The molecule has 1 aliphatic rings. The van der Waals surface area contributed by atoms with Crippen LogP contribution in [-0.2, 0) is 25.7 Å². The van der Waals surface area contributed by atoms with Crippen molar-refractivity contribution in [1.29, 1.82) is 0 Å². The van der Waals surface area contributed by atoms with E-state index < -0.39 is 42.6 Å². The number of aromatic hydroxyl groups is 1. The average Bonchev–Trinajstić information content (AvgIpc) is 2.72. The highest BCUT2D eigenvalue weighted by atomic mass is 16.6. The van der Waals surface area contributed by atoms with E-state index in [9.17, 15) is 29.7 Å². The van der Waals surface area contributed by atoms with Gasteiger partial charge < -0.3 is 34.4 Å². The van der Waals surface area contributed by atoms with E-state index in [0.29, 0.717) is 24.2 Å². The molecule has 0 aliphatic heterocycles. The Bertz CT molecular complexity index is 851. The van der Waals surface area contributed by atoms with Crippen molar-refractivity contribution < 1.29 is 39.2 Å². The van der Waals surface area contributed by atoms with E-state index in [-0.39, 0.29) is 24.9 Å². The minimum absolute atomic E-state index is 0.0173. The van der Waals surface area contributed by atoms with Gasteiger partial charge in [-0.25, -0.2) is 0 Å². The van der Waals surface area contributed by atoms with Gasteiger partial charge in [-0.15, -0.1) is 0 Å². The Morgan fingerprint density at radius 3 is 2.06 bits per heavy atom. The summed E-state index contributed by atoms with van der Waals surface area (Å²) in [5.74, 6) is -2.72. The summed E-state index contributed by atoms with van der Waals surface area (Å²) in [6.07, 6.45) is 2.75. The summed E-state index contributed by atoms with van der Waals surface area (Å²) in [5.41, 5.74) is -0.193. The molecule has 0 bridgehead atoms. The van der Waals surface area contributed by atoms with Crippen LogP contribution >= 0.6 is 0 Å². The monoisotopic (exact) mass is 478 g/mol. The van der Waals surface area contributed by atoms with Crippen LogP contribution in [0.1, 0.15) is 52.0 Å². The maximum absolute atomic E-state index is 12.8. The maximum atomic E-state index is 12.8. The smallest absolute Gasteiger partial charge is 0.320 e. The Balaban J connectivity index is 2.41. The molecule has 1 aromatic carbocycles. The Morgan fingerprint density at radius 2 is 1.56 bits per heavy atom. The van der Waals surface area contributed by atoms with Gasteiger partial charge in [0.05, 0.1) is 25.6 Å². The number of rotatable bonds is 11. The Morgan fingerprint density at radius 1 is 1.00 bits per heavy atom. The van der Waals surface area contributed by atoms with Crippen LogP contribution in [0.3, 0.4) is 0 Å². The van der Waals surface area contributed by atoms with Crippen molar-refractivity contribution in [2.45, 2.75) is 70.7 Å². The number of aliphatic carboxylic acids is 2. The zero-order valence-electron chi connectivity index (χ0n) is 20.2. The number of carboxylic acid groups (broad SMARTS) is 2. The molecule has 2 rings (SSSR count). The number of hydrogen-bond acceptors (Lipinski definition) is 10. The molecule has 1 aromatic rings. The van der Waals surface area contributed by atoms with Gasteiger partial charge in [-0.05, 0) is 51.8 Å². The first kappa shape index (κ1) is 27.4. The third-order valence-electron chi connectivity index (χ3n) is 5.71. The summed E-state index contributed by atoms with van der Waals surface area (Å²) >= 11 is 0. The third-order valence-corrected chi connectivity index (χ3v) is 5.71. The number of carboxylic acids is 2. The number of benzene rings is 1. The summed E-state index contributed by atoms with van der Waals surface area (Å²) in [6, 6.07) is 3.93. The zero-order chi connectivity index (χ0) is 25.5. The number of phenolic OH excluding ortho intramolecular Hbond substituents is 1. The lowest BCUT2D eigenvalue weighted by atomic mass is 9.87. The third kappa shape index (κ3) is 8.49. The van der Waals surface area contributed by atoms with Crippen LogP contribution in [0, 0.1) is 0 Å². The molecule has 10 heteroatoms. The van der Waals surface area contributed by atoms with Crippen molar-refractivity contribution in [1.82, 2.24) is 9.80 Å². The molecule has 2 atom stereocenters. The zero-order valence-corrected chi connectivity index (χ0v) is 20.2. The quantitative estimate of drug-likeness (QED) is 0.420. The molecule has 1 aliphatic carbocycles. The molecule has 1 N–H and O–H groups in total. The van der Waals surface area contributed by atoms with E-state index in [0.717, 1.165) is 12.8 Å². The SMILES string of the molecule is COc1ccc(O)c(CN(CC(=O)OC(C)(C)C)[C@@H]2CCCC[C@H]2N(CC(=O)[O-])CC(=O)[O-])c1. The fourth-order valence-corrected chi connectivity index (χ4v) is 4.43. The minimum Gasteiger partial charge on any atom is -0.549 e. The van der Waals surface area contributed by atoms with Crippen LogP contribution < -0.4 is 14.9 Å². The molecule has 190 valence electrons. The summed E-state index contributed by atoms with van der Waals surface area (Å²) in [7, 11) is 1.50. The summed E-state index contributed by atoms with van der Waals surface area (Å²) < 4.78 is 10.8. The number of methoxy groups -OCH3 is 1. The van der Waals surface area contributed by atoms with Crippen molar-refractivity contribution in [3.8, 4) is 11.5 Å². The fourth-order valence-electron chi connectivity index (χ4n) is 4.43. The van der Waals surface area contributed by atoms with E-state index in [4.69, 9.17) is 9.47 Å². The van der Waals surface area contributed by atoms with Crippen molar-refractivity contribution >= 4 is 17.9 Å². The van der Waals surface area contributed by atoms with Crippen LogP contribution in [0.2, 0.25) is 0 Å². The molecule has 0 unspecified atom stereocenters. The van der Waals surface area contributed by atoms with Crippen molar-refractivity contribution in [3.05, 3.63) is 23.8 Å². The molecule has 34 heavy (non-hydrogen) atoms. The first-order valence-corrected chi connectivity index (χ1v) is 11.3. The van der Waals surface area contributed by atoms with Crippen LogP contribution in [0.25, 0.3) is 0 Å². The van der Waals surface area contributed by atoms with Gasteiger partial charge in [-0.3, -0.25) is 14.6 Å². The van der Waals surface area contributed by atoms with Gasteiger partial charge in [0.1, 0.15) is 17.1 Å². The highest BCUT2D eigenvalue weighted by Gasteiger charge is 2.36. The molecule has 0 radical (unpaired) electrons. The van der Waals surface area contributed by atoms with E-state index in [1.807, 2.05) is 4.90 Å². The molecule has 0 heterocycles. The fraction of sp³-hybridized carbons (Fsp3) is 0.625. The predicted molar refractivity (Wildman–Crippen MR) is 119 cm³/mol. The number of carbonyl (C=O) groups is 3. The van der Waals surface area contributed by atoms with Crippen molar-refractivity contribution in [2.24, 2.45) is 0 Å². The second-order valence-electron chi connectivity index (χ2n) is 9.55. The topological polar surface area (TPSA) is 142 Å². The maximum Gasteiger partial charge on any atom is 0.320 e.